The van der Waals surface area contributed by atoms with Crippen LogP contribution in [0.4, 0.5) is 23.1 Å². The van der Waals surface area contributed by atoms with Gasteiger partial charge < -0.3 is 16.0 Å². The minimum atomic E-state index is -0.949. The highest BCUT2D eigenvalue weighted by Crippen LogP contribution is 2.30. The Labute approximate surface area is 176 Å². The van der Waals surface area contributed by atoms with Gasteiger partial charge in [0.05, 0.1) is 11.5 Å². The van der Waals surface area contributed by atoms with Crippen molar-refractivity contribution in [2.24, 2.45) is 0 Å². The summed E-state index contributed by atoms with van der Waals surface area (Å²) < 4.78 is 0. The quantitative estimate of drug-likeness (QED) is 0.512. The maximum Gasteiger partial charge on any atom is 0.258 e. The number of fused-ring (bicyclic) bond motifs is 1. The summed E-state index contributed by atoms with van der Waals surface area (Å²) in [6.07, 6.45) is -0.140. The number of aryl methyl sites for hydroxylation is 1. The first-order valence-electron chi connectivity index (χ1n) is 9.23. The molecule has 2 aromatic carbocycles. The van der Waals surface area contributed by atoms with Gasteiger partial charge in [-0.1, -0.05) is 23.7 Å². The van der Waals surface area contributed by atoms with Gasteiger partial charge in [0.15, 0.2) is 0 Å². The predicted octanol–water partition coefficient (Wildman–Crippen LogP) is 3.54. The van der Waals surface area contributed by atoms with Crippen molar-refractivity contribution >= 4 is 46.6 Å². The number of amides is 2. The minimum absolute atomic E-state index is 0.0656. The molecule has 0 saturated carbocycles. The van der Waals surface area contributed by atoms with Crippen molar-refractivity contribution in [3.05, 3.63) is 75.0 Å². The minimum Gasteiger partial charge on any atom is -0.326 e. The summed E-state index contributed by atoms with van der Waals surface area (Å²) in [5, 5.41) is 8.88. The fourth-order valence-electron chi connectivity index (χ4n) is 3.28. The van der Waals surface area contributed by atoms with Crippen LogP contribution in [0.3, 0.4) is 0 Å². The van der Waals surface area contributed by atoms with Crippen LogP contribution in [0.2, 0.25) is 5.02 Å². The molecule has 3 aromatic rings. The van der Waals surface area contributed by atoms with E-state index >= 15 is 0 Å². The Morgan fingerprint density at radius 1 is 1.13 bits per heavy atom. The summed E-state index contributed by atoms with van der Waals surface area (Å²) in [7, 11) is 0. The van der Waals surface area contributed by atoms with Crippen molar-refractivity contribution < 1.29 is 9.59 Å². The van der Waals surface area contributed by atoms with E-state index in [-0.39, 0.29) is 29.7 Å². The summed E-state index contributed by atoms with van der Waals surface area (Å²) in [4.78, 5) is 44.7. The van der Waals surface area contributed by atoms with Gasteiger partial charge in [-0.2, -0.15) is 4.98 Å². The summed E-state index contributed by atoms with van der Waals surface area (Å²) in [5.74, 6) is -1.57. The van der Waals surface area contributed by atoms with E-state index in [1.54, 1.807) is 30.3 Å². The number of carbonyl (C=O) groups excluding carboxylic acids is 2. The Bertz CT molecular complexity index is 1190. The molecule has 4 rings (SSSR count). The molecule has 1 aliphatic heterocycles. The maximum absolute atomic E-state index is 12.8. The second-order valence-corrected chi connectivity index (χ2v) is 7.41. The Hall–Kier alpha value is -3.65. The fraction of sp³-hybridized carbons (Fsp3) is 0.143. The van der Waals surface area contributed by atoms with Crippen molar-refractivity contribution in [3.8, 4) is 0 Å². The number of anilines is 4. The molecule has 30 heavy (non-hydrogen) atoms. The molecule has 1 atom stereocenters. The molecule has 0 bridgehead atoms. The Balaban J connectivity index is 1.63. The average molecular weight is 424 g/mol. The van der Waals surface area contributed by atoms with Crippen LogP contribution < -0.4 is 21.5 Å². The van der Waals surface area contributed by atoms with E-state index in [2.05, 4.69) is 25.9 Å². The smallest absolute Gasteiger partial charge is 0.258 e. The first-order chi connectivity index (χ1) is 14.4. The van der Waals surface area contributed by atoms with Gasteiger partial charge in [-0.05, 0) is 48.9 Å². The molecule has 2 heterocycles. The number of aromatic amines is 1. The summed E-state index contributed by atoms with van der Waals surface area (Å²) in [5.41, 5.74) is 1.85. The van der Waals surface area contributed by atoms with E-state index in [0.717, 1.165) is 5.56 Å². The topological polar surface area (TPSA) is 116 Å². The van der Waals surface area contributed by atoms with Gasteiger partial charge in [0.1, 0.15) is 5.82 Å². The van der Waals surface area contributed by atoms with Crippen LogP contribution in [0, 0.1) is 6.92 Å². The highest BCUT2D eigenvalue weighted by atomic mass is 35.5. The SMILES string of the molecule is Cc1cccc(NC(=O)C2CC(=O)Nc3nc(Nc4ccc(Cl)cc4)[nH]c(=O)c32)c1. The third-order valence-electron chi connectivity index (χ3n) is 4.66. The molecule has 1 unspecified atom stereocenters. The number of nitrogens with one attached hydrogen (secondary N) is 4. The average Bonchev–Trinajstić information content (AvgIpc) is 2.69. The van der Waals surface area contributed by atoms with E-state index < -0.39 is 17.4 Å². The summed E-state index contributed by atoms with van der Waals surface area (Å²) in [6, 6.07) is 14.1. The zero-order chi connectivity index (χ0) is 21.3. The van der Waals surface area contributed by atoms with Crippen molar-refractivity contribution in [3.63, 3.8) is 0 Å². The molecule has 4 N–H and O–H groups in total. The fourth-order valence-corrected chi connectivity index (χ4v) is 3.40. The lowest BCUT2D eigenvalue weighted by atomic mass is 9.92. The number of hydrogen-bond acceptors (Lipinski definition) is 5. The molecule has 0 radical (unpaired) electrons. The highest BCUT2D eigenvalue weighted by Gasteiger charge is 2.34. The number of nitrogens with zero attached hydrogens (tertiary/aromatic N) is 1. The third-order valence-corrected chi connectivity index (χ3v) is 4.91. The number of hydrogen-bond donors (Lipinski definition) is 4. The third kappa shape index (κ3) is 4.18. The molecule has 9 heteroatoms. The van der Waals surface area contributed by atoms with Gasteiger partial charge in [0.25, 0.3) is 5.56 Å². The summed E-state index contributed by atoms with van der Waals surface area (Å²) in [6.45, 7) is 1.91. The van der Waals surface area contributed by atoms with Crippen molar-refractivity contribution in [2.75, 3.05) is 16.0 Å². The van der Waals surface area contributed by atoms with Gasteiger partial charge in [-0.3, -0.25) is 19.4 Å². The van der Waals surface area contributed by atoms with Gasteiger partial charge in [0, 0.05) is 22.8 Å². The normalized spacial score (nSPS) is 15.1. The van der Waals surface area contributed by atoms with Crippen LogP contribution in [0.1, 0.15) is 23.5 Å². The Kier molecular flexibility index (Phi) is 5.24. The van der Waals surface area contributed by atoms with E-state index in [1.807, 2.05) is 25.1 Å². The van der Waals surface area contributed by atoms with Crippen molar-refractivity contribution in [1.82, 2.24) is 9.97 Å². The first kappa shape index (κ1) is 19.7. The summed E-state index contributed by atoms with van der Waals surface area (Å²) >= 11 is 5.88. The zero-order valence-corrected chi connectivity index (χ0v) is 16.7. The van der Waals surface area contributed by atoms with Crippen LogP contribution in [-0.2, 0) is 9.59 Å². The van der Waals surface area contributed by atoms with Crippen LogP contribution >= 0.6 is 11.6 Å². The molecule has 8 nitrogen and oxygen atoms in total. The van der Waals surface area contributed by atoms with E-state index in [0.29, 0.717) is 16.4 Å². The van der Waals surface area contributed by atoms with E-state index in [1.165, 1.54) is 0 Å². The number of H-pyrrole nitrogens is 1. The number of aromatic nitrogens is 2. The van der Waals surface area contributed by atoms with Crippen LogP contribution in [0.15, 0.2) is 53.3 Å². The Morgan fingerprint density at radius 3 is 2.63 bits per heavy atom. The Morgan fingerprint density at radius 2 is 1.90 bits per heavy atom. The standard InChI is InChI=1S/C21H18ClN5O3/c1-11-3-2-4-14(9-11)23-19(29)15-10-16(28)25-18-17(15)20(30)27-21(26-18)24-13-7-5-12(22)6-8-13/h2-9,15H,10H2,1H3,(H,23,29)(H3,24,25,26,27,28,30). The molecular weight excluding hydrogens is 406 g/mol. The van der Waals surface area contributed by atoms with Gasteiger partial charge in [-0.15, -0.1) is 0 Å². The predicted molar refractivity (Wildman–Crippen MR) is 115 cm³/mol. The molecule has 0 aliphatic carbocycles. The van der Waals surface area contributed by atoms with Gasteiger partial charge >= 0.3 is 0 Å². The molecule has 1 aromatic heterocycles. The van der Waals surface area contributed by atoms with Crippen LogP contribution in [0.25, 0.3) is 0 Å². The first-order valence-corrected chi connectivity index (χ1v) is 9.61. The van der Waals surface area contributed by atoms with Crippen molar-refractivity contribution in [1.29, 1.82) is 0 Å². The molecular formula is C21H18ClN5O3. The van der Waals surface area contributed by atoms with Gasteiger partial charge in [0.2, 0.25) is 17.8 Å². The maximum atomic E-state index is 12.8. The second-order valence-electron chi connectivity index (χ2n) is 6.97. The van der Waals surface area contributed by atoms with E-state index in [4.69, 9.17) is 11.6 Å². The number of carbonyl (C=O) groups is 2. The van der Waals surface area contributed by atoms with Crippen molar-refractivity contribution in [2.45, 2.75) is 19.3 Å². The largest absolute Gasteiger partial charge is 0.326 e. The van der Waals surface area contributed by atoms with Crippen LogP contribution in [0.5, 0.6) is 0 Å². The van der Waals surface area contributed by atoms with Gasteiger partial charge in [-0.25, -0.2) is 0 Å². The van der Waals surface area contributed by atoms with E-state index in [9.17, 15) is 14.4 Å². The zero-order valence-electron chi connectivity index (χ0n) is 16.0. The number of halogens is 1. The molecule has 0 spiro atoms. The van der Waals surface area contributed by atoms with Crippen LogP contribution in [-0.4, -0.2) is 21.8 Å². The molecule has 152 valence electrons. The lowest BCUT2D eigenvalue weighted by Crippen LogP contribution is -2.36. The highest BCUT2D eigenvalue weighted by molar-refractivity contribution is 6.30. The monoisotopic (exact) mass is 423 g/mol. The molecule has 2 amide bonds. The number of benzene rings is 2. The molecule has 1 aliphatic rings. The lowest BCUT2D eigenvalue weighted by molar-refractivity contribution is -0.123. The molecule has 0 saturated heterocycles. The molecule has 0 fully saturated rings. The second kappa shape index (κ2) is 8.00. The number of rotatable bonds is 4. The lowest BCUT2D eigenvalue weighted by Gasteiger charge is -2.23.